The Morgan fingerprint density at radius 3 is 2.00 bits per heavy atom. The van der Waals surface area contributed by atoms with Crippen molar-refractivity contribution in [3.05, 3.63) is 35.4 Å². The maximum absolute atomic E-state index is 4.93. The normalized spacial score (nSPS) is 10.6. The van der Waals surface area contributed by atoms with Crippen LogP contribution in [0.2, 0.25) is 0 Å². The number of benzene rings is 1. The topological polar surface area (TPSA) is 0 Å². The highest BCUT2D eigenvalue weighted by Gasteiger charge is 1.94. The molecule has 16 heavy (non-hydrogen) atoms. The van der Waals surface area contributed by atoms with Gasteiger partial charge >= 0.3 is 0 Å². The molecule has 1 aromatic rings. The van der Waals surface area contributed by atoms with Crippen LogP contribution in [-0.2, 0) is 6.42 Å². The lowest BCUT2D eigenvalue weighted by molar-refractivity contribution is 0.609. The van der Waals surface area contributed by atoms with Crippen molar-refractivity contribution in [1.82, 2.24) is 0 Å². The number of unbranched alkanes of at least 4 members (excludes halogenated alkanes) is 5. The molecule has 0 aliphatic carbocycles. The van der Waals surface area contributed by atoms with E-state index >= 15 is 0 Å². The van der Waals surface area contributed by atoms with Gasteiger partial charge in [-0.3, -0.25) is 0 Å². The van der Waals surface area contributed by atoms with Crippen LogP contribution in [-0.4, -0.2) is 5.75 Å². The van der Waals surface area contributed by atoms with Crippen molar-refractivity contribution < 1.29 is 0 Å². The summed E-state index contributed by atoms with van der Waals surface area (Å²) in [6.07, 6.45) is 9.23. The standard InChI is InChI=1S/C15H23S/c1-14-9-11-15(12-10-14)8-6-4-2-3-5-7-13-16/h9-12H,2-8,13H2,1H3. The molecule has 89 valence electrons. The Morgan fingerprint density at radius 1 is 0.812 bits per heavy atom. The van der Waals surface area contributed by atoms with Gasteiger partial charge in [-0.15, -0.1) is 0 Å². The van der Waals surface area contributed by atoms with Crippen molar-refractivity contribution >= 4 is 12.6 Å². The van der Waals surface area contributed by atoms with Crippen LogP contribution in [0.15, 0.2) is 24.3 Å². The van der Waals surface area contributed by atoms with Crippen molar-refractivity contribution in [1.29, 1.82) is 0 Å². The molecule has 1 radical (unpaired) electrons. The molecule has 0 heterocycles. The van der Waals surface area contributed by atoms with Crippen LogP contribution in [0.25, 0.3) is 0 Å². The molecule has 0 nitrogen and oxygen atoms in total. The zero-order valence-corrected chi connectivity index (χ0v) is 11.2. The van der Waals surface area contributed by atoms with Gasteiger partial charge in [-0.25, -0.2) is 0 Å². The molecule has 0 aliphatic rings. The van der Waals surface area contributed by atoms with Crippen LogP contribution < -0.4 is 0 Å². The summed E-state index contributed by atoms with van der Waals surface area (Å²) in [6, 6.07) is 8.93. The smallest absolute Gasteiger partial charge is 0.00369 e. The molecule has 0 aromatic heterocycles. The maximum atomic E-state index is 4.93. The summed E-state index contributed by atoms with van der Waals surface area (Å²) in [5.74, 6) is 0.934. The Labute approximate surface area is 106 Å². The summed E-state index contributed by atoms with van der Waals surface area (Å²) in [7, 11) is 0. The summed E-state index contributed by atoms with van der Waals surface area (Å²) in [6.45, 7) is 2.14. The largest absolute Gasteiger partial charge is 0.0942 e. The highest BCUT2D eigenvalue weighted by Crippen LogP contribution is 2.10. The zero-order valence-electron chi connectivity index (χ0n) is 10.4. The average Bonchev–Trinajstić information content (AvgIpc) is 2.30. The predicted octanol–water partition coefficient (Wildman–Crippen LogP) is 5.08. The van der Waals surface area contributed by atoms with Crippen LogP contribution >= 0.6 is 12.6 Å². The molecule has 0 atom stereocenters. The van der Waals surface area contributed by atoms with Crippen molar-refractivity contribution in [2.75, 3.05) is 5.75 Å². The first-order chi connectivity index (χ1) is 7.83. The fourth-order valence-corrected chi connectivity index (χ4v) is 2.10. The molecule has 0 fully saturated rings. The number of hydrogen-bond acceptors (Lipinski definition) is 0. The highest BCUT2D eigenvalue weighted by atomic mass is 32.1. The third-order valence-corrected chi connectivity index (χ3v) is 3.27. The molecular weight excluding hydrogens is 212 g/mol. The molecule has 0 saturated carbocycles. The summed E-state index contributed by atoms with van der Waals surface area (Å²) < 4.78 is 0. The second-order valence-electron chi connectivity index (χ2n) is 4.56. The molecule has 0 unspecified atom stereocenters. The van der Waals surface area contributed by atoms with E-state index in [1.54, 1.807) is 0 Å². The van der Waals surface area contributed by atoms with Crippen molar-refractivity contribution in [3.8, 4) is 0 Å². The van der Waals surface area contributed by atoms with Gasteiger partial charge in [0.25, 0.3) is 0 Å². The summed E-state index contributed by atoms with van der Waals surface area (Å²) in [5, 5.41) is 0. The molecule has 0 aliphatic heterocycles. The molecule has 0 saturated heterocycles. The Balaban J connectivity index is 2.01. The van der Waals surface area contributed by atoms with Crippen LogP contribution in [0.4, 0.5) is 0 Å². The minimum absolute atomic E-state index is 0.934. The maximum Gasteiger partial charge on any atom is 0.00369 e. The predicted molar refractivity (Wildman–Crippen MR) is 75.0 cm³/mol. The third kappa shape index (κ3) is 6.22. The Hall–Kier alpha value is -0.430. The Bertz CT molecular complexity index is 263. The first kappa shape index (κ1) is 13.6. The first-order valence-corrected chi connectivity index (χ1v) is 7.04. The SMILES string of the molecule is Cc1ccc(CCCCCCCC[S])cc1. The Morgan fingerprint density at radius 2 is 1.38 bits per heavy atom. The van der Waals surface area contributed by atoms with Crippen molar-refractivity contribution in [3.63, 3.8) is 0 Å². The van der Waals surface area contributed by atoms with Crippen molar-refractivity contribution in [2.24, 2.45) is 0 Å². The second-order valence-corrected chi connectivity index (χ2v) is 4.97. The third-order valence-electron chi connectivity index (χ3n) is 2.98. The van der Waals surface area contributed by atoms with E-state index in [0.717, 1.165) is 5.75 Å². The van der Waals surface area contributed by atoms with Gasteiger partial charge in [0.05, 0.1) is 0 Å². The van der Waals surface area contributed by atoms with Gasteiger partial charge in [0.15, 0.2) is 0 Å². The Kier molecular flexibility index (Phi) is 7.41. The average molecular weight is 235 g/mol. The van der Waals surface area contributed by atoms with Gasteiger partial charge < -0.3 is 0 Å². The lowest BCUT2D eigenvalue weighted by Gasteiger charge is -2.02. The van der Waals surface area contributed by atoms with Gasteiger partial charge in [-0.05, 0) is 31.7 Å². The molecule has 0 N–H and O–H groups in total. The van der Waals surface area contributed by atoms with E-state index in [1.807, 2.05) is 0 Å². The highest BCUT2D eigenvalue weighted by molar-refractivity contribution is 7.80. The molecule has 0 spiro atoms. The second kappa shape index (κ2) is 8.69. The monoisotopic (exact) mass is 235 g/mol. The van der Waals surface area contributed by atoms with Crippen LogP contribution in [0.3, 0.4) is 0 Å². The van der Waals surface area contributed by atoms with Gasteiger partial charge in [0, 0.05) is 5.75 Å². The van der Waals surface area contributed by atoms with E-state index < -0.39 is 0 Å². The number of rotatable bonds is 8. The lowest BCUT2D eigenvalue weighted by Crippen LogP contribution is -1.86. The minimum Gasteiger partial charge on any atom is -0.0942 e. The van der Waals surface area contributed by atoms with E-state index in [-0.39, 0.29) is 0 Å². The molecule has 1 aromatic carbocycles. The number of aryl methyl sites for hydroxylation is 2. The summed E-state index contributed by atoms with van der Waals surface area (Å²) in [4.78, 5) is 0. The number of hydrogen-bond donors (Lipinski definition) is 0. The molecule has 1 heteroatoms. The van der Waals surface area contributed by atoms with E-state index in [4.69, 9.17) is 12.6 Å². The molecule has 0 bridgehead atoms. The first-order valence-electron chi connectivity index (χ1n) is 6.46. The van der Waals surface area contributed by atoms with Crippen LogP contribution in [0, 0.1) is 6.92 Å². The van der Waals surface area contributed by atoms with E-state index in [1.165, 1.54) is 56.1 Å². The van der Waals surface area contributed by atoms with Gasteiger partial charge in [0.2, 0.25) is 0 Å². The fraction of sp³-hybridized carbons (Fsp3) is 0.600. The van der Waals surface area contributed by atoms with E-state index in [2.05, 4.69) is 31.2 Å². The summed E-state index contributed by atoms with van der Waals surface area (Å²) >= 11 is 4.93. The molecular formula is C15H23S. The van der Waals surface area contributed by atoms with Gasteiger partial charge in [-0.2, -0.15) is 0 Å². The molecule has 1 rings (SSSR count). The minimum atomic E-state index is 0.934. The zero-order chi connectivity index (χ0) is 11.6. The summed E-state index contributed by atoms with van der Waals surface area (Å²) in [5.41, 5.74) is 2.84. The van der Waals surface area contributed by atoms with Gasteiger partial charge in [-0.1, -0.05) is 68.1 Å². The molecule has 0 amide bonds. The van der Waals surface area contributed by atoms with Gasteiger partial charge in [0.1, 0.15) is 0 Å². The fourth-order valence-electron chi connectivity index (χ4n) is 1.89. The lowest BCUT2D eigenvalue weighted by atomic mass is 10.0. The van der Waals surface area contributed by atoms with Crippen LogP contribution in [0.1, 0.15) is 49.7 Å². The van der Waals surface area contributed by atoms with E-state index in [9.17, 15) is 0 Å². The van der Waals surface area contributed by atoms with Crippen molar-refractivity contribution in [2.45, 2.75) is 51.9 Å². The quantitative estimate of drug-likeness (QED) is 0.551. The van der Waals surface area contributed by atoms with E-state index in [0.29, 0.717) is 0 Å². The van der Waals surface area contributed by atoms with Crippen LogP contribution in [0.5, 0.6) is 0 Å².